The molecule has 1 aromatic rings. The van der Waals surface area contributed by atoms with Crippen LogP contribution in [0.4, 0.5) is 5.95 Å². The lowest BCUT2D eigenvalue weighted by atomic mass is 9.93. The van der Waals surface area contributed by atoms with Crippen LogP contribution in [-0.4, -0.2) is 77.7 Å². The van der Waals surface area contributed by atoms with Gasteiger partial charge in [0.2, 0.25) is 11.9 Å². The van der Waals surface area contributed by atoms with Gasteiger partial charge < -0.3 is 15.0 Å². The molecule has 3 saturated heterocycles. The van der Waals surface area contributed by atoms with Gasteiger partial charge in [0.15, 0.2) is 0 Å². The first kappa shape index (κ1) is 15.8. The van der Waals surface area contributed by atoms with Gasteiger partial charge in [0, 0.05) is 57.0 Å². The van der Waals surface area contributed by atoms with Gasteiger partial charge >= 0.3 is 0 Å². The summed E-state index contributed by atoms with van der Waals surface area (Å²) in [5.74, 6) is 1.89. The maximum atomic E-state index is 12.3. The van der Waals surface area contributed by atoms with E-state index >= 15 is 0 Å². The summed E-state index contributed by atoms with van der Waals surface area (Å²) in [6.07, 6.45) is 6.04. The summed E-state index contributed by atoms with van der Waals surface area (Å²) in [6.45, 7) is 5.83. The molecule has 3 fully saturated rings. The fourth-order valence-electron chi connectivity index (χ4n) is 4.09. The third-order valence-electron chi connectivity index (χ3n) is 5.42. The topological polar surface area (TPSA) is 70.6 Å². The van der Waals surface area contributed by atoms with Crippen LogP contribution in [0.3, 0.4) is 0 Å². The Balaban J connectivity index is 1.27. The fraction of sp³-hybridized carbons (Fsp3) is 0.706. The first-order chi connectivity index (χ1) is 11.8. The number of carbonyl (C=O) groups excluding carboxylic acids is 1. The molecule has 3 aliphatic rings. The maximum absolute atomic E-state index is 12.3. The van der Waals surface area contributed by atoms with E-state index in [1.54, 1.807) is 12.4 Å². The number of rotatable bonds is 5. The van der Waals surface area contributed by atoms with Gasteiger partial charge in [-0.1, -0.05) is 0 Å². The molecule has 1 aromatic heterocycles. The molecule has 1 N–H and O–H groups in total. The summed E-state index contributed by atoms with van der Waals surface area (Å²) in [5, 5.41) is 3.30. The molecular weight excluding hydrogens is 306 g/mol. The smallest absolute Gasteiger partial charge is 0.236 e. The highest BCUT2D eigenvalue weighted by Crippen LogP contribution is 2.33. The summed E-state index contributed by atoms with van der Waals surface area (Å²) in [7, 11) is 0. The highest BCUT2D eigenvalue weighted by atomic mass is 16.5. The lowest BCUT2D eigenvalue weighted by Crippen LogP contribution is -2.39. The first-order valence-corrected chi connectivity index (χ1v) is 8.92. The summed E-state index contributed by atoms with van der Waals surface area (Å²) in [6, 6.07) is 1.81. The molecule has 7 nitrogen and oxygen atoms in total. The molecule has 1 amide bonds. The van der Waals surface area contributed by atoms with Crippen molar-refractivity contribution in [2.45, 2.75) is 18.9 Å². The van der Waals surface area contributed by atoms with Crippen LogP contribution in [0.5, 0.6) is 0 Å². The van der Waals surface area contributed by atoms with Gasteiger partial charge in [0.05, 0.1) is 19.3 Å². The minimum atomic E-state index is 0.264. The Morgan fingerprint density at radius 1 is 1.25 bits per heavy atom. The van der Waals surface area contributed by atoms with Crippen molar-refractivity contribution in [1.29, 1.82) is 0 Å². The van der Waals surface area contributed by atoms with E-state index in [-0.39, 0.29) is 12.0 Å². The number of aromatic nitrogens is 2. The van der Waals surface area contributed by atoms with Crippen molar-refractivity contribution < 1.29 is 9.53 Å². The van der Waals surface area contributed by atoms with E-state index in [2.05, 4.69) is 20.2 Å². The minimum Gasteiger partial charge on any atom is -0.376 e. The minimum absolute atomic E-state index is 0.264. The molecule has 0 radical (unpaired) electrons. The molecular formula is C17H25N5O2. The van der Waals surface area contributed by atoms with Crippen molar-refractivity contribution in [2.24, 2.45) is 11.8 Å². The number of hydrogen-bond donors (Lipinski definition) is 1. The van der Waals surface area contributed by atoms with Crippen LogP contribution in [0.1, 0.15) is 12.8 Å². The van der Waals surface area contributed by atoms with Crippen molar-refractivity contribution in [3.63, 3.8) is 0 Å². The van der Waals surface area contributed by atoms with Crippen LogP contribution in [0, 0.1) is 11.8 Å². The third kappa shape index (κ3) is 3.37. The number of ether oxygens (including phenoxy) is 1. The second-order valence-corrected chi connectivity index (χ2v) is 7.03. The van der Waals surface area contributed by atoms with Gasteiger partial charge in [-0.2, -0.15) is 0 Å². The van der Waals surface area contributed by atoms with Crippen LogP contribution < -0.4 is 5.32 Å². The molecule has 24 heavy (non-hydrogen) atoms. The normalized spacial score (nSPS) is 29.8. The van der Waals surface area contributed by atoms with Gasteiger partial charge in [0.1, 0.15) is 0 Å². The van der Waals surface area contributed by atoms with E-state index in [0.717, 1.165) is 52.2 Å². The average Bonchev–Trinajstić information content (AvgIpc) is 3.31. The van der Waals surface area contributed by atoms with Crippen molar-refractivity contribution in [3.8, 4) is 0 Å². The molecule has 0 unspecified atom stereocenters. The summed E-state index contributed by atoms with van der Waals surface area (Å²) >= 11 is 0. The van der Waals surface area contributed by atoms with Gasteiger partial charge in [0.25, 0.3) is 0 Å². The highest BCUT2D eigenvalue weighted by Gasteiger charge is 2.44. The molecule has 3 atom stereocenters. The molecule has 0 spiro atoms. The predicted molar refractivity (Wildman–Crippen MR) is 89.5 cm³/mol. The van der Waals surface area contributed by atoms with Crippen LogP contribution >= 0.6 is 0 Å². The number of amides is 1. The number of fused-ring (bicyclic) bond motifs is 1. The number of likely N-dealkylation sites (tertiary alicyclic amines) is 2. The van der Waals surface area contributed by atoms with Gasteiger partial charge in [-0.05, 0) is 18.9 Å². The summed E-state index contributed by atoms with van der Waals surface area (Å²) in [4.78, 5) is 25.0. The van der Waals surface area contributed by atoms with E-state index in [1.807, 2.05) is 11.0 Å². The molecule has 4 rings (SSSR count). The number of nitrogens with zero attached hydrogens (tertiary/aromatic N) is 4. The average molecular weight is 331 g/mol. The molecule has 0 aliphatic carbocycles. The predicted octanol–water partition coefficient (Wildman–Crippen LogP) is 0.458. The Hall–Kier alpha value is -1.73. The number of anilines is 1. The number of hydrogen-bond acceptors (Lipinski definition) is 6. The third-order valence-corrected chi connectivity index (χ3v) is 5.42. The second-order valence-electron chi connectivity index (χ2n) is 7.03. The number of nitrogens with one attached hydrogen (secondary N) is 1. The molecule has 0 bridgehead atoms. The van der Waals surface area contributed by atoms with E-state index in [9.17, 15) is 4.79 Å². The van der Waals surface area contributed by atoms with E-state index < -0.39 is 0 Å². The van der Waals surface area contributed by atoms with E-state index in [4.69, 9.17) is 4.74 Å². The van der Waals surface area contributed by atoms with E-state index in [0.29, 0.717) is 24.3 Å². The lowest BCUT2D eigenvalue weighted by molar-refractivity contribution is -0.131. The standard InChI is InChI=1S/C17H25N5O2/c23-16(22-6-1-2-7-22)11-21-9-14-13(12-24-15(14)10-21)8-20-17-18-4-3-5-19-17/h3-5,13-15H,1-2,6-12H2,(H,18,19,20)/t13-,14+,15+/m0/s1. The quantitative estimate of drug-likeness (QED) is 0.845. The first-order valence-electron chi connectivity index (χ1n) is 8.92. The zero-order valence-corrected chi connectivity index (χ0v) is 13.9. The van der Waals surface area contributed by atoms with Crippen molar-refractivity contribution in [1.82, 2.24) is 19.8 Å². The summed E-state index contributed by atoms with van der Waals surface area (Å²) in [5.41, 5.74) is 0. The fourth-order valence-corrected chi connectivity index (χ4v) is 4.09. The monoisotopic (exact) mass is 331 g/mol. The van der Waals surface area contributed by atoms with Crippen molar-refractivity contribution in [2.75, 3.05) is 51.2 Å². The lowest BCUT2D eigenvalue weighted by Gasteiger charge is -2.22. The van der Waals surface area contributed by atoms with Crippen LogP contribution in [0.25, 0.3) is 0 Å². The van der Waals surface area contributed by atoms with Crippen LogP contribution in [0.2, 0.25) is 0 Å². The number of carbonyl (C=O) groups is 1. The van der Waals surface area contributed by atoms with Crippen LogP contribution in [-0.2, 0) is 9.53 Å². The molecule has 0 aromatic carbocycles. The Labute approximate surface area is 142 Å². The van der Waals surface area contributed by atoms with E-state index in [1.165, 1.54) is 0 Å². The Morgan fingerprint density at radius 2 is 2.04 bits per heavy atom. The SMILES string of the molecule is O=C(CN1C[C@@H]2[C@@H](CNc3ncccn3)CO[C@@H]2C1)N1CCCC1. The highest BCUT2D eigenvalue weighted by molar-refractivity contribution is 5.78. The molecule has 4 heterocycles. The molecule has 130 valence electrons. The van der Waals surface area contributed by atoms with Crippen molar-refractivity contribution in [3.05, 3.63) is 18.5 Å². The maximum Gasteiger partial charge on any atom is 0.236 e. The van der Waals surface area contributed by atoms with Gasteiger partial charge in [-0.25, -0.2) is 9.97 Å². The van der Waals surface area contributed by atoms with Gasteiger partial charge in [-0.3, -0.25) is 9.69 Å². The Kier molecular flexibility index (Phi) is 4.62. The molecule has 0 saturated carbocycles. The van der Waals surface area contributed by atoms with Crippen molar-refractivity contribution >= 4 is 11.9 Å². The van der Waals surface area contributed by atoms with Crippen LogP contribution in [0.15, 0.2) is 18.5 Å². The Morgan fingerprint density at radius 3 is 2.83 bits per heavy atom. The Bertz CT molecular complexity index is 563. The second kappa shape index (κ2) is 7.03. The molecule has 7 heteroatoms. The zero-order chi connectivity index (χ0) is 16.4. The largest absolute Gasteiger partial charge is 0.376 e. The molecule has 3 aliphatic heterocycles. The summed E-state index contributed by atoms with van der Waals surface area (Å²) < 4.78 is 5.97. The van der Waals surface area contributed by atoms with Gasteiger partial charge in [-0.15, -0.1) is 0 Å². The zero-order valence-electron chi connectivity index (χ0n) is 13.9.